The van der Waals surface area contributed by atoms with Crippen LogP contribution in [0, 0.1) is 0 Å². The number of azide groups is 1. The summed E-state index contributed by atoms with van der Waals surface area (Å²) < 4.78 is 5.52. The monoisotopic (exact) mass is 310 g/mol. The van der Waals surface area contributed by atoms with Gasteiger partial charge in [-0.2, -0.15) is 0 Å². The highest BCUT2D eigenvalue weighted by molar-refractivity contribution is 6.02. The number of rotatable bonds is 3. The number of nitrogens with zero attached hydrogens (tertiary/aromatic N) is 6. The van der Waals surface area contributed by atoms with Gasteiger partial charge in [0.1, 0.15) is 12.2 Å². The molecule has 5 N–H and O–H groups in total. The molecular formula is C10H14N8O4. The highest BCUT2D eigenvalue weighted by Gasteiger charge is 2.50. The van der Waals surface area contributed by atoms with Crippen molar-refractivity contribution in [2.45, 2.75) is 36.7 Å². The Labute approximate surface area is 123 Å². The largest absolute Gasteiger partial charge is 0.388 e. The predicted molar refractivity (Wildman–Crippen MR) is 72.4 cm³/mol. The van der Waals surface area contributed by atoms with E-state index in [9.17, 15) is 15.0 Å². The molecule has 0 aromatic rings. The number of hydrogen-bond acceptors (Lipinski definition) is 9. The van der Waals surface area contributed by atoms with Gasteiger partial charge in [0.15, 0.2) is 24.4 Å². The Bertz CT molecular complexity index is 587. The number of carbonyl (C=O) groups excluding carboxylic acids is 1. The van der Waals surface area contributed by atoms with Crippen molar-refractivity contribution in [1.82, 2.24) is 10.2 Å². The number of guanidine groups is 1. The van der Waals surface area contributed by atoms with Crippen LogP contribution >= 0.6 is 0 Å². The van der Waals surface area contributed by atoms with Crippen LogP contribution in [0.15, 0.2) is 15.1 Å². The summed E-state index contributed by atoms with van der Waals surface area (Å²) in [5.74, 6) is -0.463. The van der Waals surface area contributed by atoms with Crippen molar-refractivity contribution in [3.63, 3.8) is 0 Å². The minimum atomic E-state index is -1.27. The average molecular weight is 310 g/mol. The summed E-state index contributed by atoms with van der Waals surface area (Å²) in [5, 5.41) is 25.7. The van der Waals surface area contributed by atoms with Crippen molar-refractivity contribution in [2.75, 3.05) is 6.54 Å². The topological polar surface area (TPSA) is 182 Å². The van der Waals surface area contributed by atoms with Gasteiger partial charge in [0, 0.05) is 4.91 Å². The second-order valence-electron chi connectivity index (χ2n) is 5.03. The third-order valence-electron chi connectivity index (χ3n) is 3.70. The van der Waals surface area contributed by atoms with Crippen LogP contribution in [0.5, 0.6) is 0 Å². The van der Waals surface area contributed by atoms with Gasteiger partial charge in [0.05, 0.1) is 19.0 Å². The first-order valence-electron chi connectivity index (χ1n) is 6.50. The second-order valence-corrected chi connectivity index (χ2v) is 5.03. The number of fused-ring (bicyclic) bond motifs is 1. The minimum absolute atomic E-state index is 0.0552. The average Bonchev–Trinajstić information content (AvgIpc) is 3.00. The fraction of sp³-hybridized carbons (Fsp3) is 0.700. The Balaban J connectivity index is 1.80. The molecule has 0 aliphatic carbocycles. The van der Waals surface area contributed by atoms with Gasteiger partial charge in [0.25, 0.3) is 5.91 Å². The summed E-state index contributed by atoms with van der Waals surface area (Å²) in [4.78, 5) is 23.9. The van der Waals surface area contributed by atoms with E-state index in [0.717, 1.165) is 0 Å². The Morgan fingerprint density at radius 1 is 1.55 bits per heavy atom. The molecule has 1 amide bonds. The summed E-state index contributed by atoms with van der Waals surface area (Å²) in [6.07, 6.45) is -3.77. The van der Waals surface area contributed by atoms with E-state index in [0.29, 0.717) is 0 Å². The van der Waals surface area contributed by atoms with E-state index in [-0.39, 0.29) is 12.5 Å². The lowest BCUT2D eigenvalue weighted by molar-refractivity contribution is -0.123. The molecule has 12 heteroatoms. The number of nitrogens with two attached hydrogens (primary N) is 1. The third kappa shape index (κ3) is 2.23. The van der Waals surface area contributed by atoms with E-state index in [1.165, 1.54) is 11.2 Å². The Morgan fingerprint density at radius 2 is 2.32 bits per heavy atom. The molecule has 1 fully saturated rings. The lowest BCUT2D eigenvalue weighted by atomic mass is 10.1. The summed E-state index contributed by atoms with van der Waals surface area (Å²) in [6, 6.07) is -0.795. The van der Waals surface area contributed by atoms with E-state index in [1.54, 1.807) is 0 Å². The van der Waals surface area contributed by atoms with Gasteiger partial charge >= 0.3 is 0 Å². The Hall–Kier alpha value is -2.40. The quantitative estimate of drug-likeness (QED) is 0.248. The highest BCUT2D eigenvalue weighted by Crippen LogP contribution is 2.29. The molecule has 1 saturated heterocycles. The van der Waals surface area contributed by atoms with Gasteiger partial charge in [-0.15, -0.1) is 0 Å². The number of nitrogens with one attached hydrogen (secondary N) is 1. The molecule has 3 rings (SSSR count). The van der Waals surface area contributed by atoms with Crippen LogP contribution in [0.2, 0.25) is 0 Å². The van der Waals surface area contributed by atoms with Crippen molar-refractivity contribution in [3.8, 4) is 0 Å². The van der Waals surface area contributed by atoms with E-state index < -0.39 is 42.7 Å². The number of aliphatic hydroxyl groups excluding tert-OH is 2. The molecule has 6 atom stereocenters. The van der Waals surface area contributed by atoms with Crippen molar-refractivity contribution in [3.05, 3.63) is 10.4 Å². The minimum Gasteiger partial charge on any atom is -0.388 e. The maximum Gasteiger partial charge on any atom is 0.255 e. The highest BCUT2D eigenvalue weighted by atomic mass is 16.6. The van der Waals surface area contributed by atoms with Gasteiger partial charge in [-0.3, -0.25) is 15.1 Å². The molecule has 2 unspecified atom stereocenters. The number of aliphatic imine (C=N–C) groups is 2. The van der Waals surface area contributed by atoms with E-state index in [4.69, 9.17) is 16.0 Å². The molecule has 22 heavy (non-hydrogen) atoms. The molecule has 118 valence electrons. The summed E-state index contributed by atoms with van der Waals surface area (Å²) in [5.41, 5.74) is 13.8. The van der Waals surface area contributed by atoms with Crippen LogP contribution in [0.1, 0.15) is 0 Å². The molecule has 0 aromatic carbocycles. The molecule has 0 saturated carbocycles. The number of hydrogen-bond donors (Lipinski definition) is 4. The first kappa shape index (κ1) is 14.5. The third-order valence-corrected chi connectivity index (χ3v) is 3.70. The Kier molecular flexibility index (Phi) is 3.58. The summed E-state index contributed by atoms with van der Waals surface area (Å²) in [6.45, 7) is -0.129. The molecule has 0 bridgehead atoms. The SMILES string of the molecule is [N-]=[N+]=NC[C@H]1O[C@@H](N2C=NC3C(=O)NC(N)=NC32)[C@H](O)[C@@H]1O. The van der Waals surface area contributed by atoms with Gasteiger partial charge in [-0.05, 0) is 5.53 Å². The number of carbonyl (C=O) groups is 1. The van der Waals surface area contributed by atoms with Crippen LogP contribution in [0.25, 0.3) is 10.4 Å². The lowest BCUT2D eigenvalue weighted by Crippen LogP contribution is -2.56. The molecule has 12 nitrogen and oxygen atoms in total. The van der Waals surface area contributed by atoms with Crippen molar-refractivity contribution in [2.24, 2.45) is 20.8 Å². The maximum atomic E-state index is 11.8. The summed E-state index contributed by atoms with van der Waals surface area (Å²) in [7, 11) is 0. The van der Waals surface area contributed by atoms with Crippen LogP contribution in [-0.4, -0.2) is 76.6 Å². The first-order valence-corrected chi connectivity index (χ1v) is 6.50. The number of ether oxygens (including phenoxy) is 1. The molecule has 3 aliphatic rings. The molecule has 3 heterocycles. The van der Waals surface area contributed by atoms with Crippen LogP contribution in [0.4, 0.5) is 0 Å². The number of aliphatic hydroxyl groups is 2. The van der Waals surface area contributed by atoms with E-state index in [1.807, 2.05) is 0 Å². The van der Waals surface area contributed by atoms with Crippen molar-refractivity contribution < 1.29 is 19.7 Å². The van der Waals surface area contributed by atoms with Crippen LogP contribution in [-0.2, 0) is 9.53 Å². The van der Waals surface area contributed by atoms with Crippen molar-refractivity contribution >= 4 is 18.2 Å². The van der Waals surface area contributed by atoms with Crippen LogP contribution in [0.3, 0.4) is 0 Å². The summed E-state index contributed by atoms with van der Waals surface area (Å²) >= 11 is 0. The molecule has 3 aliphatic heterocycles. The fourth-order valence-corrected chi connectivity index (χ4v) is 2.63. The lowest BCUT2D eigenvalue weighted by Gasteiger charge is -2.32. The predicted octanol–water partition coefficient (Wildman–Crippen LogP) is -2.77. The zero-order chi connectivity index (χ0) is 15.9. The van der Waals surface area contributed by atoms with E-state index in [2.05, 4.69) is 25.3 Å². The van der Waals surface area contributed by atoms with Crippen LogP contribution < -0.4 is 11.1 Å². The molecular weight excluding hydrogens is 296 g/mol. The van der Waals surface area contributed by atoms with Gasteiger partial charge in [-0.25, -0.2) is 4.99 Å². The van der Waals surface area contributed by atoms with Gasteiger partial charge < -0.3 is 25.6 Å². The molecule has 0 aromatic heterocycles. The smallest absolute Gasteiger partial charge is 0.255 e. The first-order chi connectivity index (χ1) is 10.5. The van der Waals surface area contributed by atoms with Gasteiger partial charge in [0.2, 0.25) is 0 Å². The van der Waals surface area contributed by atoms with E-state index >= 15 is 0 Å². The fourth-order valence-electron chi connectivity index (χ4n) is 2.63. The zero-order valence-corrected chi connectivity index (χ0v) is 11.2. The molecule has 0 spiro atoms. The van der Waals surface area contributed by atoms with Crippen molar-refractivity contribution in [1.29, 1.82) is 0 Å². The molecule has 0 radical (unpaired) electrons. The Morgan fingerprint density at radius 3 is 3.05 bits per heavy atom. The normalized spacial score (nSPS) is 40.0. The second kappa shape index (κ2) is 5.42. The zero-order valence-electron chi connectivity index (χ0n) is 11.2. The van der Waals surface area contributed by atoms with Gasteiger partial charge in [-0.1, -0.05) is 5.11 Å². The number of amides is 1. The standard InChI is InChI=1S/C10H14N8O4/c11-10-15-7-4(8(21)16-10)13-2-18(7)9-6(20)5(19)3(22-9)1-14-17-12/h2-7,9,19-20H,1H2,(H3,11,15,16,21)/t3-,4?,5-,6-,7?,9-/m1/s1. The maximum absolute atomic E-state index is 11.8.